The molecular weight excluding hydrogens is 403 g/mol. The van der Waals surface area contributed by atoms with Crippen molar-refractivity contribution in [3.63, 3.8) is 0 Å². The number of rotatable bonds is 4. The first-order valence-corrected chi connectivity index (χ1v) is 7.86. The molecule has 21 heavy (non-hydrogen) atoms. The summed E-state index contributed by atoms with van der Waals surface area (Å²) in [5.41, 5.74) is 0.0330. The summed E-state index contributed by atoms with van der Waals surface area (Å²) >= 11 is 16.2. The molecule has 5 nitrogen and oxygen atoms in total. The van der Waals surface area contributed by atoms with Crippen LogP contribution in [0.5, 0.6) is 0 Å². The molecule has 0 aliphatic rings. The highest BCUT2D eigenvalue weighted by molar-refractivity contribution is 9.11. The third-order valence-corrected chi connectivity index (χ3v) is 4.25. The van der Waals surface area contributed by atoms with E-state index in [0.717, 1.165) is 3.79 Å². The van der Waals surface area contributed by atoms with Crippen LogP contribution in [0.1, 0.15) is 10.4 Å². The maximum Gasteiger partial charge on any atom is 0.341 e. The lowest BCUT2D eigenvalue weighted by molar-refractivity contribution is -0.119. The van der Waals surface area contributed by atoms with E-state index in [-0.39, 0.29) is 15.6 Å². The number of aromatic nitrogens is 1. The SMILES string of the molecule is O=C(COC(=O)c1c(Cl)cccc1Cl)Nc1ncc(Br)s1. The molecular formula is C12H7BrCl2N2O3S. The van der Waals surface area contributed by atoms with Crippen molar-refractivity contribution in [1.29, 1.82) is 0 Å². The molecule has 9 heteroatoms. The number of nitrogens with zero attached hydrogens (tertiary/aromatic N) is 1. The van der Waals surface area contributed by atoms with Gasteiger partial charge in [-0.3, -0.25) is 10.1 Å². The first-order chi connectivity index (χ1) is 9.97. The minimum Gasteiger partial charge on any atom is -0.452 e. The Morgan fingerprint density at radius 2 is 2.00 bits per heavy atom. The van der Waals surface area contributed by atoms with E-state index in [0.29, 0.717) is 5.13 Å². The number of anilines is 1. The van der Waals surface area contributed by atoms with Crippen molar-refractivity contribution < 1.29 is 14.3 Å². The van der Waals surface area contributed by atoms with E-state index in [9.17, 15) is 9.59 Å². The summed E-state index contributed by atoms with van der Waals surface area (Å²) < 4.78 is 5.65. The monoisotopic (exact) mass is 408 g/mol. The summed E-state index contributed by atoms with van der Waals surface area (Å²) in [7, 11) is 0. The summed E-state index contributed by atoms with van der Waals surface area (Å²) in [6.07, 6.45) is 1.55. The molecule has 0 bridgehead atoms. The van der Waals surface area contributed by atoms with Crippen molar-refractivity contribution in [1.82, 2.24) is 4.98 Å². The van der Waals surface area contributed by atoms with Crippen LogP contribution < -0.4 is 5.32 Å². The van der Waals surface area contributed by atoms with Crippen LogP contribution >= 0.6 is 50.5 Å². The largest absolute Gasteiger partial charge is 0.452 e. The van der Waals surface area contributed by atoms with Gasteiger partial charge >= 0.3 is 5.97 Å². The molecule has 110 valence electrons. The standard InChI is InChI=1S/C12H7BrCl2N2O3S/c13-8-4-16-12(21-8)17-9(18)5-20-11(19)10-6(14)2-1-3-7(10)15/h1-4H,5H2,(H,16,17,18). The first kappa shape index (κ1) is 16.2. The van der Waals surface area contributed by atoms with Crippen LogP contribution in [0.2, 0.25) is 10.0 Å². The molecule has 2 rings (SSSR count). The Bertz CT molecular complexity index is 673. The van der Waals surface area contributed by atoms with Gasteiger partial charge in [-0.15, -0.1) is 0 Å². The van der Waals surface area contributed by atoms with Crippen LogP contribution in [-0.2, 0) is 9.53 Å². The first-order valence-electron chi connectivity index (χ1n) is 5.49. The lowest BCUT2D eigenvalue weighted by atomic mass is 10.2. The van der Waals surface area contributed by atoms with Gasteiger partial charge in [0.05, 0.1) is 25.6 Å². The second-order valence-electron chi connectivity index (χ2n) is 3.69. The molecule has 0 fully saturated rings. The zero-order chi connectivity index (χ0) is 15.4. The Labute approximate surface area is 142 Å². The van der Waals surface area contributed by atoms with Crippen LogP contribution in [0.3, 0.4) is 0 Å². The second kappa shape index (κ2) is 7.22. The minimum absolute atomic E-state index is 0.0330. The number of hydrogen-bond acceptors (Lipinski definition) is 5. The van der Waals surface area contributed by atoms with Crippen molar-refractivity contribution in [3.05, 3.63) is 43.8 Å². The molecule has 1 N–H and O–H groups in total. The predicted octanol–water partition coefficient (Wildman–Crippen LogP) is 4.01. The molecule has 1 aromatic heterocycles. The Balaban J connectivity index is 1.93. The summed E-state index contributed by atoms with van der Waals surface area (Å²) in [6.45, 7) is -0.461. The van der Waals surface area contributed by atoms with Crippen molar-refractivity contribution in [2.45, 2.75) is 0 Å². The van der Waals surface area contributed by atoms with E-state index in [1.54, 1.807) is 12.3 Å². The minimum atomic E-state index is -0.763. The van der Waals surface area contributed by atoms with Gasteiger partial charge < -0.3 is 4.74 Å². The predicted molar refractivity (Wildman–Crippen MR) is 85.2 cm³/mol. The van der Waals surface area contributed by atoms with Gasteiger partial charge in [0.15, 0.2) is 11.7 Å². The molecule has 0 saturated heterocycles. The van der Waals surface area contributed by atoms with Gasteiger partial charge in [-0.05, 0) is 28.1 Å². The quantitative estimate of drug-likeness (QED) is 0.774. The highest BCUT2D eigenvalue weighted by Gasteiger charge is 2.17. The number of thiazole rings is 1. The number of amides is 1. The maximum atomic E-state index is 11.9. The van der Waals surface area contributed by atoms with Crippen molar-refractivity contribution in [2.75, 3.05) is 11.9 Å². The third kappa shape index (κ3) is 4.41. The van der Waals surface area contributed by atoms with E-state index in [1.807, 2.05) is 0 Å². The number of benzene rings is 1. The second-order valence-corrected chi connectivity index (χ2v) is 6.91. The van der Waals surface area contributed by atoms with Crippen LogP contribution in [0, 0.1) is 0 Å². The highest BCUT2D eigenvalue weighted by Crippen LogP contribution is 2.25. The van der Waals surface area contributed by atoms with Crippen molar-refractivity contribution in [2.24, 2.45) is 0 Å². The van der Waals surface area contributed by atoms with E-state index in [1.165, 1.54) is 23.5 Å². The van der Waals surface area contributed by atoms with Crippen LogP contribution in [0.25, 0.3) is 0 Å². The molecule has 1 heterocycles. The molecule has 1 aromatic carbocycles. The molecule has 0 aliphatic heterocycles. The number of ether oxygens (including phenoxy) is 1. The number of carbonyl (C=O) groups excluding carboxylic acids is 2. The van der Waals surface area contributed by atoms with E-state index in [2.05, 4.69) is 26.2 Å². The summed E-state index contributed by atoms with van der Waals surface area (Å²) in [5.74, 6) is -1.27. The lowest BCUT2D eigenvalue weighted by Gasteiger charge is -2.07. The molecule has 0 aliphatic carbocycles. The van der Waals surface area contributed by atoms with E-state index in [4.69, 9.17) is 27.9 Å². The topological polar surface area (TPSA) is 68.3 Å². The molecule has 0 saturated carbocycles. The van der Waals surface area contributed by atoms with Gasteiger partial charge in [0, 0.05) is 0 Å². The zero-order valence-corrected chi connectivity index (χ0v) is 14.1. The summed E-state index contributed by atoms with van der Waals surface area (Å²) in [5, 5.41) is 3.22. The smallest absolute Gasteiger partial charge is 0.341 e. The van der Waals surface area contributed by atoms with Gasteiger partial charge in [0.1, 0.15) is 0 Å². The fraction of sp³-hybridized carbons (Fsp3) is 0.0833. The Morgan fingerprint density at radius 3 is 2.57 bits per heavy atom. The zero-order valence-electron chi connectivity index (χ0n) is 10.2. The van der Waals surface area contributed by atoms with E-state index < -0.39 is 18.5 Å². The van der Waals surface area contributed by atoms with Gasteiger partial charge in [0.25, 0.3) is 5.91 Å². The highest BCUT2D eigenvalue weighted by atomic mass is 79.9. The van der Waals surface area contributed by atoms with Crippen molar-refractivity contribution in [3.8, 4) is 0 Å². The van der Waals surface area contributed by atoms with Gasteiger partial charge in [0.2, 0.25) is 0 Å². The molecule has 0 spiro atoms. The van der Waals surface area contributed by atoms with Crippen LogP contribution in [0.15, 0.2) is 28.2 Å². The lowest BCUT2D eigenvalue weighted by Crippen LogP contribution is -2.21. The average molecular weight is 410 g/mol. The van der Waals surface area contributed by atoms with Gasteiger partial charge in [-0.2, -0.15) is 0 Å². The summed E-state index contributed by atoms with van der Waals surface area (Å²) in [6, 6.07) is 4.63. The number of hydrogen-bond donors (Lipinski definition) is 1. The fourth-order valence-corrected chi connectivity index (χ4v) is 3.04. The third-order valence-electron chi connectivity index (χ3n) is 2.23. The molecule has 0 radical (unpaired) electrons. The molecule has 1 amide bonds. The fourth-order valence-electron chi connectivity index (χ4n) is 1.36. The Kier molecular flexibility index (Phi) is 5.58. The van der Waals surface area contributed by atoms with Crippen LogP contribution in [-0.4, -0.2) is 23.5 Å². The molecule has 0 unspecified atom stereocenters. The van der Waals surface area contributed by atoms with E-state index >= 15 is 0 Å². The Hall–Kier alpha value is -1.15. The van der Waals surface area contributed by atoms with Gasteiger partial charge in [-0.1, -0.05) is 40.6 Å². The number of nitrogens with one attached hydrogen (secondary N) is 1. The normalized spacial score (nSPS) is 10.2. The molecule has 0 atom stereocenters. The number of halogens is 3. The molecule has 2 aromatic rings. The Morgan fingerprint density at radius 1 is 1.33 bits per heavy atom. The maximum absolute atomic E-state index is 11.9. The van der Waals surface area contributed by atoms with Crippen molar-refractivity contribution >= 4 is 67.5 Å². The van der Waals surface area contributed by atoms with Crippen LogP contribution in [0.4, 0.5) is 5.13 Å². The number of carbonyl (C=O) groups is 2. The average Bonchev–Trinajstić information content (AvgIpc) is 2.81. The number of esters is 1. The summed E-state index contributed by atoms with van der Waals surface area (Å²) in [4.78, 5) is 27.4. The van der Waals surface area contributed by atoms with Gasteiger partial charge in [-0.25, -0.2) is 9.78 Å².